The van der Waals surface area contributed by atoms with Crippen LogP contribution in [-0.4, -0.2) is 19.3 Å². The van der Waals surface area contributed by atoms with E-state index in [0.29, 0.717) is 18.6 Å². The van der Waals surface area contributed by atoms with Crippen LogP contribution in [0.4, 0.5) is 9.18 Å². The largest absolute Gasteiger partial charge is 0.450 e. The summed E-state index contributed by atoms with van der Waals surface area (Å²) >= 11 is 6.07. The summed E-state index contributed by atoms with van der Waals surface area (Å²) in [5, 5.41) is -0.357. The fourth-order valence-corrected chi connectivity index (χ4v) is 2.30. The molecule has 0 radical (unpaired) electrons. The first-order valence-corrected chi connectivity index (χ1v) is 5.99. The number of nitrogens with two attached hydrogens (primary N) is 1. The summed E-state index contributed by atoms with van der Waals surface area (Å²) < 4.78 is 23.9. The predicted octanol–water partition coefficient (Wildman–Crippen LogP) is 2.66. The van der Waals surface area contributed by atoms with Gasteiger partial charge in [0.15, 0.2) is 0 Å². The topological polar surface area (TPSA) is 61.6 Å². The van der Waals surface area contributed by atoms with E-state index in [9.17, 15) is 9.18 Å². The second-order valence-corrected chi connectivity index (χ2v) is 4.52. The number of carbonyl (C=O) groups is 1. The molecule has 1 heterocycles. The third-order valence-corrected chi connectivity index (χ3v) is 3.18. The van der Waals surface area contributed by atoms with Crippen molar-refractivity contribution < 1.29 is 18.7 Å². The van der Waals surface area contributed by atoms with Crippen LogP contribution in [0.3, 0.4) is 0 Å². The van der Waals surface area contributed by atoms with Crippen molar-refractivity contribution in [1.29, 1.82) is 0 Å². The number of rotatable bonds is 3. The van der Waals surface area contributed by atoms with Crippen molar-refractivity contribution in [2.24, 2.45) is 5.73 Å². The van der Waals surface area contributed by atoms with Gasteiger partial charge in [-0.1, -0.05) is 12.1 Å². The molecular weight excluding hydrogens is 261 g/mol. The molecule has 1 aromatic rings. The van der Waals surface area contributed by atoms with Gasteiger partial charge in [0.1, 0.15) is 5.82 Å². The van der Waals surface area contributed by atoms with E-state index in [1.807, 2.05) is 0 Å². The first-order chi connectivity index (χ1) is 8.59. The standard InChI is InChI=1S/C12H13ClFNO3/c13-8-6-18-10(4-5-17-12(15)16)11-7(8)2-1-3-9(11)14/h1-3,8,10H,4-6H2,(H2,15,16). The van der Waals surface area contributed by atoms with E-state index < -0.39 is 12.2 Å². The molecule has 0 aromatic heterocycles. The van der Waals surface area contributed by atoms with Gasteiger partial charge in [0.2, 0.25) is 0 Å². The summed E-state index contributed by atoms with van der Waals surface area (Å²) in [5.41, 5.74) is 6.03. The van der Waals surface area contributed by atoms with Gasteiger partial charge < -0.3 is 15.2 Å². The molecule has 1 aliphatic heterocycles. The average Bonchev–Trinajstić information content (AvgIpc) is 2.32. The van der Waals surface area contributed by atoms with Crippen LogP contribution in [-0.2, 0) is 9.47 Å². The molecule has 1 aliphatic rings. The number of hydrogen-bond acceptors (Lipinski definition) is 3. The molecule has 0 saturated heterocycles. The normalized spacial score (nSPS) is 22.3. The molecule has 2 atom stereocenters. The van der Waals surface area contributed by atoms with E-state index in [2.05, 4.69) is 4.74 Å². The van der Waals surface area contributed by atoms with Gasteiger partial charge in [0, 0.05) is 12.0 Å². The van der Waals surface area contributed by atoms with E-state index >= 15 is 0 Å². The maximum Gasteiger partial charge on any atom is 0.404 e. The van der Waals surface area contributed by atoms with Crippen LogP contribution in [0.25, 0.3) is 0 Å². The summed E-state index contributed by atoms with van der Waals surface area (Å²) in [6, 6.07) is 4.76. The zero-order valence-electron chi connectivity index (χ0n) is 9.57. The van der Waals surface area contributed by atoms with Crippen molar-refractivity contribution in [3.8, 4) is 0 Å². The maximum atomic E-state index is 13.8. The monoisotopic (exact) mass is 273 g/mol. The Morgan fingerprint density at radius 3 is 3.11 bits per heavy atom. The highest BCUT2D eigenvalue weighted by Gasteiger charge is 2.29. The Labute approximate surface area is 109 Å². The number of benzene rings is 1. The molecule has 98 valence electrons. The molecule has 1 amide bonds. The lowest BCUT2D eigenvalue weighted by atomic mass is 9.95. The van der Waals surface area contributed by atoms with Crippen molar-refractivity contribution in [2.45, 2.75) is 17.9 Å². The average molecular weight is 274 g/mol. The van der Waals surface area contributed by atoms with E-state index in [4.69, 9.17) is 22.1 Å². The van der Waals surface area contributed by atoms with Gasteiger partial charge in [-0.25, -0.2) is 9.18 Å². The third-order valence-electron chi connectivity index (χ3n) is 2.81. The second kappa shape index (κ2) is 5.54. The summed E-state index contributed by atoms with van der Waals surface area (Å²) in [6.45, 7) is 0.389. The highest BCUT2D eigenvalue weighted by atomic mass is 35.5. The van der Waals surface area contributed by atoms with Gasteiger partial charge in [0.25, 0.3) is 0 Å². The molecule has 0 bridgehead atoms. The Morgan fingerprint density at radius 1 is 1.61 bits per heavy atom. The number of primary amides is 1. The minimum Gasteiger partial charge on any atom is -0.450 e. The number of alkyl halides is 1. The number of ether oxygens (including phenoxy) is 2. The smallest absolute Gasteiger partial charge is 0.404 e. The Morgan fingerprint density at radius 2 is 2.39 bits per heavy atom. The number of fused-ring (bicyclic) bond motifs is 1. The molecule has 0 fully saturated rings. The van der Waals surface area contributed by atoms with Crippen LogP contribution < -0.4 is 5.73 Å². The van der Waals surface area contributed by atoms with Crippen LogP contribution in [0.5, 0.6) is 0 Å². The predicted molar refractivity (Wildman–Crippen MR) is 63.8 cm³/mol. The number of hydrogen-bond donors (Lipinski definition) is 1. The van der Waals surface area contributed by atoms with Crippen molar-refractivity contribution in [2.75, 3.05) is 13.2 Å². The van der Waals surface area contributed by atoms with Crippen LogP contribution in [0.1, 0.15) is 29.0 Å². The Balaban J connectivity index is 2.15. The molecule has 4 nitrogen and oxygen atoms in total. The molecule has 0 spiro atoms. The molecule has 2 N–H and O–H groups in total. The molecule has 1 aromatic carbocycles. The maximum absolute atomic E-state index is 13.8. The highest BCUT2D eigenvalue weighted by Crippen LogP contribution is 2.38. The zero-order chi connectivity index (χ0) is 13.1. The van der Waals surface area contributed by atoms with Gasteiger partial charge in [-0.3, -0.25) is 0 Å². The van der Waals surface area contributed by atoms with Crippen molar-refractivity contribution in [1.82, 2.24) is 0 Å². The van der Waals surface area contributed by atoms with Gasteiger partial charge in [-0.05, 0) is 11.6 Å². The van der Waals surface area contributed by atoms with Crippen LogP contribution in [0.2, 0.25) is 0 Å². The third kappa shape index (κ3) is 2.73. The van der Waals surface area contributed by atoms with Crippen LogP contribution >= 0.6 is 11.6 Å². The highest BCUT2D eigenvalue weighted by molar-refractivity contribution is 6.21. The Hall–Kier alpha value is -1.33. The lowest BCUT2D eigenvalue weighted by molar-refractivity contribution is 0.0182. The van der Waals surface area contributed by atoms with Gasteiger partial charge in [-0.15, -0.1) is 11.6 Å². The summed E-state index contributed by atoms with van der Waals surface area (Å²) in [6.07, 6.45) is -0.967. The minimum atomic E-state index is -0.852. The Bertz CT molecular complexity index is 455. The SMILES string of the molecule is NC(=O)OCCC1OCC(Cl)c2cccc(F)c21. The number of carbonyl (C=O) groups excluding carboxylic acids is 1. The minimum absolute atomic E-state index is 0.0841. The van der Waals surface area contributed by atoms with Gasteiger partial charge in [0.05, 0.1) is 24.7 Å². The summed E-state index contributed by atoms with van der Waals surface area (Å²) in [4.78, 5) is 10.5. The lowest BCUT2D eigenvalue weighted by Crippen LogP contribution is -2.22. The van der Waals surface area contributed by atoms with E-state index in [1.54, 1.807) is 12.1 Å². The first kappa shape index (κ1) is 13.1. The van der Waals surface area contributed by atoms with Crippen molar-refractivity contribution in [3.05, 3.63) is 35.1 Å². The fraction of sp³-hybridized carbons (Fsp3) is 0.417. The fourth-order valence-electron chi connectivity index (χ4n) is 2.03. The Kier molecular flexibility index (Phi) is 4.04. The second-order valence-electron chi connectivity index (χ2n) is 3.99. The number of amides is 1. The molecule has 18 heavy (non-hydrogen) atoms. The van der Waals surface area contributed by atoms with Crippen molar-refractivity contribution >= 4 is 17.7 Å². The zero-order valence-corrected chi connectivity index (χ0v) is 10.3. The molecule has 0 aliphatic carbocycles. The quantitative estimate of drug-likeness (QED) is 0.861. The molecular formula is C12H13ClFNO3. The summed E-state index contributed by atoms with van der Waals surface area (Å²) in [7, 11) is 0. The van der Waals surface area contributed by atoms with E-state index in [1.165, 1.54) is 6.07 Å². The summed E-state index contributed by atoms with van der Waals surface area (Å²) in [5.74, 6) is -0.359. The number of halogens is 2. The lowest BCUT2D eigenvalue weighted by Gasteiger charge is -2.29. The van der Waals surface area contributed by atoms with Gasteiger partial charge >= 0.3 is 6.09 Å². The van der Waals surface area contributed by atoms with E-state index in [-0.39, 0.29) is 17.8 Å². The van der Waals surface area contributed by atoms with Crippen LogP contribution in [0, 0.1) is 5.82 Å². The molecule has 6 heteroatoms. The molecule has 2 unspecified atom stereocenters. The van der Waals surface area contributed by atoms with Crippen LogP contribution in [0.15, 0.2) is 18.2 Å². The van der Waals surface area contributed by atoms with Gasteiger partial charge in [-0.2, -0.15) is 0 Å². The molecule has 2 rings (SSSR count). The van der Waals surface area contributed by atoms with Crippen molar-refractivity contribution in [3.63, 3.8) is 0 Å². The molecule has 0 saturated carbocycles. The van der Waals surface area contributed by atoms with E-state index in [0.717, 1.165) is 5.56 Å². The first-order valence-electron chi connectivity index (χ1n) is 5.56.